The monoisotopic (exact) mass is 368 g/mol. The van der Waals surface area contributed by atoms with E-state index in [-0.39, 0.29) is 11.6 Å². The van der Waals surface area contributed by atoms with Crippen molar-refractivity contribution in [3.63, 3.8) is 0 Å². The first-order chi connectivity index (χ1) is 13.1. The number of halogens is 1. The maximum Gasteiger partial charge on any atom is 0.195 e. The SMILES string of the molecule is O=C1c2ccccc2C(=O)c2c1cc(-c1ccccc1)c1ccc(Cl)cc21. The van der Waals surface area contributed by atoms with Gasteiger partial charge in [-0.3, -0.25) is 9.59 Å². The third-order valence-corrected chi connectivity index (χ3v) is 5.31. The summed E-state index contributed by atoms with van der Waals surface area (Å²) in [6, 6.07) is 24.2. The van der Waals surface area contributed by atoms with E-state index < -0.39 is 0 Å². The quantitative estimate of drug-likeness (QED) is 0.367. The maximum atomic E-state index is 13.2. The number of hydrogen-bond donors (Lipinski definition) is 0. The van der Waals surface area contributed by atoms with E-state index in [1.165, 1.54) is 0 Å². The van der Waals surface area contributed by atoms with E-state index in [4.69, 9.17) is 11.6 Å². The topological polar surface area (TPSA) is 34.1 Å². The first-order valence-electron chi connectivity index (χ1n) is 8.65. The molecule has 0 bridgehead atoms. The highest BCUT2D eigenvalue weighted by Gasteiger charge is 2.32. The molecule has 2 nitrogen and oxygen atoms in total. The van der Waals surface area contributed by atoms with E-state index >= 15 is 0 Å². The minimum Gasteiger partial charge on any atom is -0.289 e. The van der Waals surface area contributed by atoms with Gasteiger partial charge in [0.2, 0.25) is 0 Å². The van der Waals surface area contributed by atoms with Crippen LogP contribution in [0.3, 0.4) is 0 Å². The predicted molar refractivity (Wildman–Crippen MR) is 108 cm³/mol. The summed E-state index contributed by atoms with van der Waals surface area (Å²) in [5, 5.41) is 2.16. The molecule has 4 aromatic carbocycles. The lowest BCUT2D eigenvalue weighted by atomic mass is 9.79. The second-order valence-electron chi connectivity index (χ2n) is 6.61. The number of fused-ring (bicyclic) bond motifs is 4. The zero-order valence-electron chi connectivity index (χ0n) is 14.2. The van der Waals surface area contributed by atoms with Crippen LogP contribution in [0.15, 0.2) is 78.9 Å². The third kappa shape index (κ3) is 2.34. The van der Waals surface area contributed by atoms with Crippen LogP contribution >= 0.6 is 11.6 Å². The molecule has 1 aliphatic carbocycles. The smallest absolute Gasteiger partial charge is 0.195 e. The van der Waals surface area contributed by atoms with Crippen molar-refractivity contribution < 1.29 is 9.59 Å². The Morgan fingerprint density at radius 3 is 1.96 bits per heavy atom. The van der Waals surface area contributed by atoms with Crippen molar-refractivity contribution in [2.45, 2.75) is 0 Å². The molecule has 0 atom stereocenters. The number of hydrogen-bond acceptors (Lipinski definition) is 2. The normalized spacial score (nSPS) is 12.8. The molecule has 4 aromatic rings. The van der Waals surface area contributed by atoms with E-state index in [1.807, 2.05) is 48.5 Å². The Morgan fingerprint density at radius 2 is 1.22 bits per heavy atom. The van der Waals surface area contributed by atoms with Crippen LogP contribution < -0.4 is 0 Å². The summed E-state index contributed by atoms with van der Waals surface area (Å²) in [4.78, 5) is 26.4. The van der Waals surface area contributed by atoms with Crippen molar-refractivity contribution >= 4 is 33.9 Å². The second kappa shape index (κ2) is 5.90. The van der Waals surface area contributed by atoms with Crippen molar-refractivity contribution in [2.75, 3.05) is 0 Å². The van der Waals surface area contributed by atoms with Crippen molar-refractivity contribution in [3.8, 4) is 11.1 Å². The summed E-state index contributed by atoms with van der Waals surface area (Å²) in [6.07, 6.45) is 0. The van der Waals surface area contributed by atoms with Gasteiger partial charge in [0, 0.05) is 27.3 Å². The zero-order chi connectivity index (χ0) is 18.5. The summed E-state index contributed by atoms with van der Waals surface area (Å²) < 4.78 is 0. The maximum absolute atomic E-state index is 13.2. The van der Waals surface area contributed by atoms with Gasteiger partial charge in [0.25, 0.3) is 0 Å². The molecular weight excluding hydrogens is 356 g/mol. The fourth-order valence-electron chi connectivity index (χ4n) is 3.84. The first kappa shape index (κ1) is 16.0. The molecule has 0 fully saturated rings. The number of carbonyl (C=O) groups is 2. The van der Waals surface area contributed by atoms with E-state index in [9.17, 15) is 9.59 Å². The highest BCUT2D eigenvalue weighted by atomic mass is 35.5. The highest BCUT2D eigenvalue weighted by Crippen LogP contribution is 2.39. The molecule has 0 spiro atoms. The molecule has 0 saturated carbocycles. The van der Waals surface area contributed by atoms with E-state index in [0.717, 1.165) is 16.5 Å². The molecule has 0 N–H and O–H groups in total. The van der Waals surface area contributed by atoms with Crippen molar-refractivity contribution in [2.24, 2.45) is 0 Å². The van der Waals surface area contributed by atoms with Gasteiger partial charge in [-0.2, -0.15) is 0 Å². The molecule has 1 aliphatic rings. The van der Waals surface area contributed by atoms with Crippen LogP contribution in [0.4, 0.5) is 0 Å². The van der Waals surface area contributed by atoms with Gasteiger partial charge in [-0.15, -0.1) is 0 Å². The average Bonchev–Trinajstić information content (AvgIpc) is 2.71. The lowest BCUT2D eigenvalue weighted by Gasteiger charge is -2.21. The van der Waals surface area contributed by atoms with Crippen LogP contribution in [0.5, 0.6) is 0 Å². The molecule has 27 heavy (non-hydrogen) atoms. The third-order valence-electron chi connectivity index (χ3n) is 5.07. The van der Waals surface area contributed by atoms with Crippen LogP contribution in [0.2, 0.25) is 5.02 Å². The molecular formula is C24H13ClO2. The molecule has 0 amide bonds. The first-order valence-corrected chi connectivity index (χ1v) is 9.03. The Bertz CT molecular complexity index is 1260. The van der Waals surface area contributed by atoms with E-state index in [2.05, 4.69) is 0 Å². The van der Waals surface area contributed by atoms with Gasteiger partial charge in [0.05, 0.1) is 0 Å². The Labute approximate surface area is 161 Å². The van der Waals surface area contributed by atoms with Gasteiger partial charge in [0.1, 0.15) is 0 Å². The molecule has 3 heteroatoms. The van der Waals surface area contributed by atoms with Crippen LogP contribution in [0.25, 0.3) is 21.9 Å². The summed E-state index contributed by atoms with van der Waals surface area (Å²) in [5.74, 6) is -0.258. The van der Waals surface area contributed by atoms with Gasteiger partial charge in [-0.25, -0.2) is 0 Å². The Balaban J connectivity index is 1.92. The van der Waals surface area contributed by atoms with Crippen LogP contribution in [-0.2, 0) is 0 Å². The fraction of sp³-hybridized carbons (Fsp3) is 0. The summed E-state index contributed by atoms with van der Waals surface area (Å²) in [5.41, 5.74) is 3.69. The van der Waals surface area contributed by atoms with Crippen molar-refractivity contribution in [1.82, 2.24) is 0 Å². The summed E-state index contributed by atoms with van der Waals surface area (Å²) in [7, 11) is 0. The summed E-state index contributed by atoms with van der Waals surface area (Å²) >= 11 is 6.25. The largest absolute Gasteiger partial charge is 0.289 e. The Morgan fingerprint density at radius 1 is 0.556 bits per heavy atom. The molecule has 0 radical (unpaired) electrons. The highest BCUT2D eigenvalue weighted by molar-refractivity contribution is 6.35. The Hall–Kier alpha value is -3.23. The number of benzene rings is 4. The van der Waals surface area contributed by atoms with Crippen LogP contribution in [0.1, 0.15) is 31.8 Å². The fourth-order valence-corrected chi connectivity index (χ4v) is 4.01. The standard InChI is InChI=1S/C24H13ClO2/c25-15-10-11-16-19(14-6-2-1-3-7-14)13-21-22(20(16)12-15)24(27)18-9-5-4-8-17(18)23(21)26/h1-13H. The molecule has 0 saturated heterocycles. The van der Waals surface area contributed by atoms with Crippen LogP contribution in [-0.4, -0.2) is 11.6 Å². The summed E-state index contributed by atoms with van der Waals surface area (Å²) in [6.45, 7) is 0. The number of ketones is 2. The van der Waals surface area contributed by atoms with E-state index in [1.54, 1.807) is 30.3 Å². The second-order valence-corrected chi connectivity index (χ2v) is 7.04. The van der Waals surface area contributed by atoms with Crippen LogP contribution in [0, 0.1) is 0 Å². The van der Waals surface area contributed by atoms with Gasteiger partial charge in [-0.1, -0.05) is 72.3 Å². The van der Waals surface area contributed by atoms with Gasteiger partial charge >= 0.3 is 0 Å². The zero-order valence-corrected chi connectivity index (χ0v) is 15.0. The van der Waals surface area contributed by atoms with Gasteiger partial charge in [0.15, 0.2) is 11.6 Å². The lowest BCUT2D eigenvalue weighted by Crippen LogP contribution is -2.21. The van der Waals surface area contributed by atoms with Crippen molar-refractivity contribution in [1.29, 1.82) is 0 Å². The molecule has 0 heterocycles. The minimum atomic E-state index is -0.132. The predicted octanol–water partition coefficient (Wildman–Crippen LogP) is 5.94. The molecule has 0 unspecified atom stereocenters. The van der Waals surface area contributed by atoms with Gasteiger partial charge < -0.3 is 0 Å². The van der Waals surface area contributed by atoms with E-state index in [0.29, 0.717) is 32.7 Å². The van der Waals surface area contributed by atoms with Crippen molar-refractivity contribution in [3.05, 3.63) is 106 Å². The lowest BCUT2D eigenvalue weighted by molar-refractivity contribution is 0.0980. The Kier molecular flexibility index (Phi) is 3.49. The molecule has 0 aromatic heterocycles. The molecule has 0 aliphatic heterocycles. The van der Waals surface area contributed by atoms with Gasteiger partial charge in [-0.05, 0) is 40.1 Å². The number of carbonyl (C=O) groups excluding carboxylic acids is 2. The molecule has 128 valence electrons. The minimum absolute atomic E-state index is 0.126. The number of rotatable bonds is 1. The average molecular weight is 369 g/mol. The molecule has 5 rings (SSSR count).